The van der Waals surface area contributed by atoms with E-state index in [4.69, 9.17) is 0 Å². The first kappa shape index (κ1) is 10.2. The number of benzene rings is 2. The molecule has 0 aliphatic carbocycles. The second kappa shape index (κ2) is 4.52. The van der Waals surface area contributed by atoms with Gasteiger partial charge in [-0.25, -0.2) is 4.98 Å². The summed E-state index contributed by atoms with van der Waals surface area (Å²) in [4.78, 5) is 5.64. The Morgan fingerprint density at radius 1 is 0.824 bits per heavy atom. The summed E-state index contributed by atoms with van der Waals surface area (Å²) < 4.78 is 0. The first-order valence-electron chi connectivity index (χ1n) is 5.32. The highest BCUT2D eigenvalue weighted by atomic mass is 32.1. The van der Waals surface area contributed by atoms with E-state index in [2.05, 4.69) is 29.2 Å². The second-order valence-corrected chi connectivity index (χ2v) is 4.64. The molecule has 0 saturated heterocycles. The summed E-state index contributed by atoms with van der Waals surface area (Å²) in [6.45, 7) is 0. The van der Waals surface area contributed by atoms with Gasteiger partial charge in [-0.15, -0.1) is 11.3 Å². The zero-order valence-corrected chi connectivity index (χ0v) is 9.87. The highest BCUT2D eigenvalue weighted by Gasteiger charge is 2.05. The van der Waals surface area contributed by atoms with E-state index in [0.717, 1.165) is 10.6 Å². The second-order valence-electron chi connectivity index (χ2n) is 3.61. The minimum absolute atomic E-state index is 1.04. The SMILES string of the molecule is [c]1ccc(-c2cnc(-c3cc[c]cc3)s2)cc1. The zero-order chi connectivity index (χ0) is 11.5. The average Bonchev–Trinajstić information content (AvgIpc) is 2.90. The monoisotopic (exact) mass is 235 g/mol. The molecule has 0 N–H and O–H groups in total. The van der Waals surface area contributed by atoms with Crippen LogP contribution in [-0.4, -0.2) is 4.98 Å². The first-order valence-corrected chi connectivity index (χ1v) is 6.14. The van der Waals surface area contributed by atoms with Crippen molar-refractivity contribution < 1.29 is 0 Å². The topological polar surface area (TPSA) is 12.9 Å². The van der Waals surface area contributed by atoms with Crippen LogP contribution >= 0.6 is 11.3 Å². The van der Waals surface area contributed by atoms with Gasteiger partial charge >= 0.3 is 0 Å². The van der Waals surface area contributed by atoms with Gasteiger partial charge < -0.3 is 0 Å². The van der Waals surface area contributed by atoms with Crippen molar-refractivity contribution in [2.45, 2.75) is 0 Å². The molecule has 0 aliphatic heterocycles. The third-order valence-electron chi connectivity index (χ3n) is 2.47. The molecule has 0 saturated carbocycles. The summed E-state index contributed by atoms with van der Waals surface area (Å²) in [5.74, 6) is 0. The average molecular weight is 235 g/mol. The molecule has 0 atom stereocenters. The van der Waals surface area contributed by atoms with Crippen molar-refractivity contribution in [2.75, 3.05) is 0 Å². The van der Waals surface area contributed by atoms with Crippen molar-refractivity contribution in [2.24, 2.45) is 0 Å². The van der Waals surface area contributed by atoms with Crippen LogP contribution in [0.25, 0.3) is 21.0 Å². The molecular formula is C15H9NS. The minimum Gasteiger partial charge on any atom is -0.244 e. The molecule has 2 heteroatoms. The van der Waals surface area contributed by atoms with Gasteiger partial charge in [-0.2, -0.15) is 0 Å². The van der Waals surface area contributed by atoms with E-state index in [-0.39, 0.29) is 0 Å². The number of thiazole rings is 1. The molecule has 0 spiro atoms. The fraction of sp³-hybridized carbons (Fsp3) is 0. The van der Waals surface area contributed by atoms with Crippen LogP contribution in [0.4, 0.5) is 0 Å². The normalized spacial score (nSPS) is 10.4. The van der Waals surface area contributed by atoms with Gasteiger partial charge in [0, 0.05) is 11.8 Å². The fourth-order valence-corrected chi connectivity index (χ4v) is 2.55. The zero-order valence-electron chi connectivity index (χ0n) is 9.05. The maximum atomic E-state index is 4.46. The van der Waals surface area contributed by atoms with E-state index in [9.17, 15) is 0 Å². The molecule has 0 amide bonds. The number of rotatable bonds is 2. The summed E-state index contributed by atoms with van der Waals surface area (Å²) in [6, 6.07) is 21.9. The number of nitrogens with zero attached hydrogens (tertiary/aromatic N) is 1. The van der Waals surface area contributed by atoms with Crippen molar-refractivity contribution in [1.82, 2.24) is 4.98 Å². The molecule has 1 aromatic heterocycles. The van der Waals surface area contributed by atoms with Crippen LogP contribution in [0.3, 0.4) is 0 Å². The van der Waals surface area contributed by atoms with Gasteiger partial charge in [-0.1, -0.05) is 48.5 Å². The molecule has 80 valence electrons. The van der Waals surface area contributed by atoms with E-state index in [0.29, 0.717) is 0 Å². The number of aromatic nitrogens is 1. The summed E-state index contributed by atoms with van der Waals surface area (Å²) in [5, 5.41) is 1.04. The maximum Gasteiger partial charge on any atom is 0.123 e. The lowest BCUT2D eigenvalue weighted by Gasteiger charge is -1.94. The predicted molar refractivity (Wildman–Crippen MR) is 70.7 cm³/mol. The lowest BCUT2D eigenvalue weighted by Crippen LogP contribution is -1.71. The van der Waals surface area contributed by atoms with Crippen LogP contribution in [0.1, 0.15) is 0 Å². The van der Waals surface area contributed by atoms with Gasteiger partial charge in [0.1, 0.15) is 5.01 Å². The van der Waals surface area contributed by atoms with Gasteiger partial charge in [-0.3, -0.25) is 0 Å². The van der Waals surface area contributed by atoms with Gasteiger partial charge in [0.15, 0.2) is 0 Å². The van der Waals surface area contributed by atoms with Crippen LogP contribution in [0.2, 0.25) is 0 Å². The van der Waals surface area contributed by atoms with Gasteiger partial charge in [0.05, 0.1) is 4.88 Å². The van der Waals surface area contributed by atoms with Crippen molar-refractivity contribution >= 4 is 11.3 Å². The molecule has 3 rings (SSSR count). The molecule has 0 unspecified atom stereocenters. The number of hydrogen-bond donors (Lipinski definition) is 0. The Morgan fingerprint density at radius 2 is 1.41 bits per heavy atom. The van der Waals surface area contributed by atoms with Gasteiger partial charge in [-0.05, 0) is 17.7 Å². The highest BCUT2D eigenvalue weighted by molar-refractivity contribution is 7.18. The Morgan fingerprint density at radius 3 is 2.06 bits per heavy atom. The van der Waals surface area contributed by atoms with Crippen molar-refractivity contribution in [3.8, 4) is 21.0 Å². The Kier molecular flexibility index (Phi) is 2.72. The van der Waals surface area contributed by atoms with E-state index in [1.54, 1.807) is 11.3 Å². The Balaban J connectivity index is 1.99. The van der Waals surface area contributed by atoms with Gasteiger partial charge in [0.25, 0.3) is 0 Å². The Labute approximate surface area is 104 Å². The van der Waals surface area contributed by atoms with Gasteiger partial charge in [0.2, 0.25) is 0 Å². The highest BCUT2D eigenvalue weighted by Crippen LogP contribution is 2.31. The molecule has 3 aromatic rings. The Hall–Kier alpha value is -1.93. The molecule has 1 heterocycles. The molecule has 17 heavy (non-hydrogen) atoms. The minimum atomic E-state index is 1.04. The van der Waals surface area contributed by atoms with Crippen LogP contribution < -0.4 is 0 Å². The summed E-state index contributed by atoms with van der Waals surface area (Å²) in [5.41, 5.74) is 2.33. The lowest BCUT2D eigenvalue weighted by molar-refractivity contribution is 1.41. The van der Waals surface area contributed by atoms with E-state index in [1.165, 1.54) is 10.4 Å². The molecule has 1 nitrogen and oxygen atoms in total. The van der Waals surface area contributed by atoms with Crippen LogP contribution in [0, 0.1) is 12.1 Å². The first-order chi connectivity index (χ1) is 8.43. The summed E-state index contributed by atoms with van der Waals surface area (Å²) in [6.07, 6.45) is 1.92. The summed E-state index contributed by atoms with van der Waals surface area (Å²) >= 11 is 1.70. The molecule has 0 aliphatic rings. The van der Waals surface area contributed by atoms with E-state index < -0.39 is 0 Å². The fourth-order valence-electron chi connectivity index (χ4n) is 1.62. The van der Waals surface area contributed by atoms with Crippen molar-refractivity contribution in [3.63, 3.8) is 0 Å². The standard InChI is InChI=1S/C15H9NS/c1-3-7-12(8-4-1)14-11-16-15(17-14)13-9-5-2-6-10-13/h3-11H. The molecule has 0 bridgehead atoms. The predicted octanol–water partition coefficient (Wildman–Crippen LogP) is 4.08. The molecule has 2 radical (unpaired) electrons. The lowest BCUT2D eigenvalue weighted by atomic mass is 10.2. The quantitative estimate of drug-likeness (QED) is 0.652. The van der Waals surface area contributed by atoms with Crippen molar-refractivity contribution in [3.05, 3.63) is 66.9 Å². The number of hydrogen-bond acceptors (Lipinski definition) is 2. The third kappa shape index (κ3) is 2.12. The largest absolute Gasteiger partial charge is 0.244 e. The molecule has 2 aromatic carbocycles. The third-order valence-corrected chi connectivity index (χ3v) is 3.57. The Bertz CT molecular complexity index is 545. The van der Waals surface area contributed by atoms with Crippen LogP contribution in [0.5, 0.6) is 0 Å². The smallest absolute Gasteiger partial charge is 0.123 e. The van der Waals surface area contributed by atoms with E-state index in [1.807, 2.05) is 42.6 Å². The van der Waals surface area contributed by atoms with Crippen LogP contribution in [0.15, 0.2) is 54.7 Å². The molecular weight excluding hydrogens is 226 g/mol. The van der Waals surface area contributed by atoms with E-state index >= 15 is 0 Å². The molecule has 0 fully saturated rings. The van der Waals surface area contributed by atoms with Crippen molar-refractivity contribution in [1.29, 1.82) is 0 Å². The maximum absolute atomic E-state index is 4.46. The van der Waals surface area contributed by atoms with Crippen LogP contribution in [-0.2, 0) is 0 Å². The summed E-state index contributed by atoms with van der Waals surface area (Å²) in [7, 11) is 0.